The lowest BCUT2D eigenvalue weighted by molar-refractivity contribution is 0.110. The minimum Gasteiger partial charge on any atom is -0.497 e. The fraction of sp³-hybridized carbons (Fsp3) is 0.154. The maximum absolute atomic E-state index is 10.6. The first-order valence-corrected chi connectivity index (χ1v) is 5.05. The molecule has 0 atom stereocenters. The van der Waals surface area contributed by atoms with Crippen LogP contribution in [0.3, 0.4) is 0 Å². The van der Waals surface area contributed by atoms with Gasteiger partial charge < -0.3 is 13.9 Å². The monoisotopic (exact) mass is 232 g/mol. The van der Waals surface area contributed by atoms with Gasteiger partial charge in [0.15, 0.2) is 12.0 Å². The normalized spacial score (nSPS) is 10.0. The number of ether oxygens (including phenoxy) is 2. The number of carbonyl (C=O) groups is 1. The van der Waals surface area contributed by atoms with Crippen LogP contribution in [0.5, 0.6) is 11.5 Å². The van der Waals surface area contributed by atoms with Crippen molar-refractivity contribution in [2.24, 2.45) is 0 Å². The third-order valence-electron chi connectivity index (χ3n) is 2.38. The second kappa shape index (κ2) is 4.74. The second-order valence-electron chi connectivity index (χ2n) is 3.42. The minimum absolute atomic E-state index is 0.293. The molecule has 0 saturated heterocycles. The van der Waals surface area contributed by atoms with Crippen molar-refractivity contribution in [1.29, 1.82) is 0 Å². The Hall–Kier alpha value is -2.23. The van der Waals surface area contributed by atoms with Gasteiger partial charge in [-0.15, -0.1) is 0 Å². The van der Waals surface area contributed by atoms with Gasteiger partial charge in [0.1, 0.15) is 17.3 Å². The molecule has 0 aliphatic rings. The molecule has 17 heavy (non-hydrogen) atoms. The number of furan rings is 1. The van der Waals surface area contributed by atoms with Crippen molar-refractivity contribution in [1.82, 2.24) is 0 Å². The van der Waals surface area contributed by atoms with Crippen LogP contribution in [0.2, 0.25) is 0 Å². The lowest BCUT2D eigenvalue weighted by Crippen LogP contribution is -1.88. The zero-order chi connectivity index (χ0) is 12.3. The van der Waals surface area contributed by atoms with Gasteiger partial charge in [-0.1, -0.05) is 0 Å². The Morgan fingerprint density at radius 2 is 1.71 bits per heavy atom. The molecule has 0 spiro atoms. The van der Waals surface area contributed by atoms with E-state index in [1.807, 2.05) is 12.1 Å². The standard InChI is InChI=1S/C13H12O4/c1-15-11-5-9(6-12(7-11)16-2)13-4-3-10(8-14)17-13/h3-8H,1-2H3. The summed E-state index contributed by atoms with van der Waals surface area (Å²) in [6.07, 6.45) is 0.668. The second-order valence-corrected chi connectivity index (χ2v) is 3.42. The van der Waals surface area contributed by atoms with Gasteiger partial charge in [-0.05, 0) is 24.3 Å². The van der Waals surface area contributed by atoms with E-state index in [0.717, 1.165) is 5.56 Å². The SMILES string of the molecule is COc1cc(OC)cc(-c2ccc(C=O)o2)c1. The Bertz CT molecular complexity index is 506. The van der Waals surface area contributed by atoms with Crippen molar-refractivity contribution in [3.8, 4) is 22.8 Å². The third-order valence-corrected chi connectivity index (χ3v) is 2.38. The van der Waals surface area contributed by atoms with E-state index >= 15 is 0 Å². The summed E-state index contributed by atoms with van der Waals surface area (Å²) in [5, 5.41) is 0. The average molecular weight is 232 g/mol. The number of rotatable bonds is 4. The van der Waals surface area contributed by atoms with E-state index < -0.39 is 0 Å². The molecule has 2 rings (SSSR count). The molecule has 0 aliphatic heterocycles. The maximum atomic E-state index is 10.6. The number of aldehydes is 1. The maximum Gasteiger partial charge on any atom is 0.185 e. The fourth-order valence-corrected chi connectivity index (χ4v) is 1.52. The highest BCUT2D eigenvalue weighted by Gasteiger charge is 2.08. The third kappa shape index (κ3) is 2.30. The average Bonchev–Trinajstić information content (AvgIpc) is 2.86. The minimum atomic E-state index is 0.293. The van der Waals surface area contributed by atoms with Crippen molar-refractivity contribution in [2.45, 2.75) is 0 Å². The smallest absolute Gasteiger partial charge is 0.185 e. The van der Waals surface area contributed by atoms with E-state index in [2.05, 4.69) is 0 Å². The van der Waals surface area contributed by atoms with Crippen molar-refractivity contribution in [3.63, 3.8) is 0 Å². The number of benzene rings is 1. The zero-order valence-electron chi connectivity index (χ0n) is 9.60. The van der Waals surface area contributed by atoms with E-state index in [-0.39, 0.29) is 0 Å². The van der Waals surface area contributed by atoms with Crippen LogP contribution in [0.4, 0.5) is 0 Å². The lowest BCUT2D eigenvalue weighted by atomic mass is 10.1. The molecular weight excluding hydrogens is 220 g/mol. The first-order valence-electron chi connectivity index (χ1n) is 5.05. The summed E-state index contributed by atoms with van der Waals surface area (Å²) in [4.78, 5) is 10.6. The van der Waals surface area contributed by atoms with Crippen molar-refractivity contribution in [3.05, 3.63) is 36.1 Å². The Morgan fingerprint density at radius 1 is 1.06 bits per heavy atom. The van der Waals surface area contributed by atoms with Crippen LogP contribution in [-0.4, -0.2) is 20.5 Å². The summed E-state index contributed by atoms with van der Waals surface area (Å²) >= 11 is 0. The van der Waals surface area contributed by atoms with E-state index in [4.69, 9.17) is 13.9 Å². The molecule has 0 bridgehead atoms. The molecule has 0 saturated carbocycles. The van der Waals surface area contributed by atoms with Crippen molar-refractivity contribution in [2.75, 3.05) is 14.2 Å². The van der Waals surface area contributed by atoms with E-state index in [1.54, 1.807) is 32.4 Å². The predicted octanol–water partition coefficient (Wildman–Crippen LogP) is 2.78. The summed E-state index contributed by atoms with van der Waals surface area (Å²) < 4.78 is 15.7. The molecule has 4 nitrogen and oxygen atoms in total. The van der Waals surface area contributed by atoms with Crippen molar-refractivity contribution < 1.29 is 18.7 Å². The van der Waals surface area contributed by atoms with Crippen LogP contribution in [0.15, 0.2) is 34.7 Å². The number of carbonyl (C=O) groups excluding carboxylic acids is 1. The number of methoxy groups -OCH3 is 2. The van der Waals surface area contributed by atoms with Gasteiger partial charge in [0, 0.05) is 11.6 Å². The van der Waals surface area contributed by atoms with Crippen LogP contribution in [0, 0.1) is 0 Å². The Balaban J connectivity index is 2.46. The quantitative estimate of drug-likeness (QED) is 0.760. The molecule has 0 aliphatic carbocycles. The molecule has 1 aromatic carbocycles. The Morgan fingerprint density at radius 3 is 2.18 bits per heavy atom. The van der Waals surface area contributed by atoms with Crippen LogP contribution in [0.1, 0.15) is 10.6 Å². The molecule has 0 N–H and O–H groups in total. The highest BCUT2D eigenvalue weighted by atomic mass is 16.5. The highest BCUT2D eigenvalue weighted by Crippen LogP contribution is 2.30. The molecule has 0 amide bonds. The van der Waals surface area contributed by atoms with Crippen LogP contribution in [0.25, 0.3) is 11.3 Å². The van der Waals surface area contributed by atoms with E-state index in [0.29, 0.717) is 29.3 Å². The van der Waals surface area contributed by atoms with Gasteiger partial charge in [-0.3, -0.25) is 4.79 Å². The molecule has 0 unspecified atom stereocenters. The van der Waals surface area contributed by atoms with Crippen LogP contribution >= 0.6 is 0 Å². The molecule has 88 valence electrons. The lowest BCUT2D eigenvalue weighted by Gasteiger charge is -2.06. The van der Waals surface area contributed by atoms with E-state index in [9.17, 15) is 4.79 Å². The molecule has 4 heteroatoms. The number of hydrogen-bond donors (Lipinski definition) is 0. The summed E-state index contributed by atoms with van der Waals surface area (Å²) in [5.41, 5.74) is 0.800. The molecular formula is C13H12O4. The highest BCUT2D eigenvalue weighted by molar-refractivity contribution is 5.73. The van der Waals surface area contributed by atoms with Gasteiger partial charge in [-0.25, -0.2) is 0 Å². The summed E-state index contributed by atoms with van der Waals surface area (Å²) in [5.74, 6) is 2.23. The van der Waals surface area contributed by atoms with Gasteiger partial charge in [0.25, 0.3) is 0 Å². The summed E-state index contributed by atoms with van der Waals surface area (Å²) in [6.45, 7) is 0. The van der Waals surface area contributed by atoms with Gasteiger partial charge in [0.05, 0.1) is 14.2 Å². The van der Waals surface area contributed by atoms with Crippen molar-refractivity contribution >= 4 is 6.29 Å². The van der Waals surface area contributed by atoms with Gasteiger partial charge in [0.2, 0.25) is 0 Å². The predicted molar refractivity (Wildman–Crippen MR) is 62.6 cm³/mol. The van der Waals surface area contributed by atoms with Crippen LogP contribution < -0.4 is 9.47 Å². The number of hydrogen-bond acceptors (Lipinski definition) is 4. The van der Waals surface area contributed by atoms with Gasteiger partial charge in [-0.2, -0.15) is 0 Å². The largest absolute Gasteiger partial charge is 0.497 e. The first kappa shape index (κ1) is 11.3. The Labute approximate surface area is 98.8 Å². The zero-order valence-corrected chi connectivity index (χ0v) is 9.60. The van der Waals surface area contributed by atoms with Gasteiger partial charge >= 0.3 is 0 Å². The fourth-order valence-electron chi connectivity index (χ4n) is 1.52. The molecule has 1 heterocycles. The first-order chi connectivity index (χ1) is 8.26. The molecule has 1 aromatic heterocycles. The van der Waals surface area contributed by atoms with E-state index in [1.165, 1.54) is 0 Å². The summed E-state index contributed by atoms with van der Waals surface area (Å²) in [6, 6.07) is 8.76. The topological polar surface area (TPSA) is 48.7 Å². The molecule has 2 aromatic rings. The molecule has 0 fully saturated rings. The Kier molecular flexibility index (Phi) is 3.14. The van der Waals surface area contributed by atoms with Crippen LogP contribution in [-0.2, 0) is 0 Å². The molecule has 0 radical (unpaired) electrons. The summed E-state index contributed by atoms with van der Waals surface area (Å²) in [7, 11) is 3.16.